The molecule has 0 atom stereocenters. The molecule has 0 unspecified atom stereocenters. The average Bonchev–Trinajstić information content (AvgIpc) is 2.36. The molecule has 0 aromatic rings. The third-order valence-corrected chi connectivity index (χ3v) is 3.73. The van der Waals surface area contributed by atoms with Gasteiger partial charge in [-0.1, -0.05) is 13.3 Å². The van der Waals surface area contributed by atoms with E-state index in [9.17, 15) is 4.79 Å². The first kappa shape index (κ1) is 14.5. The van der Waals surface area contributed by atoms with Gasteiger partial charge in [0.15, 0.2) is 0 Å². The molecule has 0 spiro atoms. The Bertz CT molecular complexity index is 245. The highest BCUT2D eigenvalue weighted by atomic mass is 16.2. The van der Waals surface area contributed by atoms with E-state index in [1.165, 1.54) is 0 Å². The molecule has 4 nitrogen and oxygen atoms in total. The number of nitrogens with zero attached hydrogens (tertiary/aromatic N) is 2. The fourth-order valence-electron chi connectivity index (χ4n) is 2.18. The van der Waals surface area contributed by atoms with Crippen molar-refractivity contribution in [1.82, 2.24) is 9.80 Å². The van der Waals surface area contributed by atoms with E-state index in [4.69, 9.17) is 5.73 Å². The number of amides is 1. The zero-order valence-corrected chi connectivity index (χ0v) is 11.5. The number of hydrogen-bond acceptors (Lipinski definition) is 3. The van der Waals surface area contributed by atoms with Crippen molar-refractivity contribution in [1.29, 1.82) is 0 Å². The largest absolute Gasteiger partial charge is 0.340 e. The van der Waals surface area contributed by atoms with Gasteiger partial charge in [-0.2, -0.15) is 0 Å². The Balaban J connectivity index is 2.38. The van der Waals surface area contributed by atoms with Crippen LogP contribution < -0.4 is 5.73 Å². The highest BCUT2D eigenvalue weighted by molar-refractivity contribution is 5.76. The SMILES string of the molecule is CCCCC(=O)N1CCN(C(C)(C)CN)CC1. The van der Waals surface area contributed by atoms with E-state index in [0.717, 1.165) is 39.0 Å². The second-order valence-corrected chi connectivity index (χ2v) is 5.49. The minimum Gasteiger partial charge on any atom is -0.340 e. The van der Waals surface area contributed by atoms with Gasteiger partial charge in [0, 0.05) is 44.7 Å². The molecule has 1 aliphatic heterocycles. The van der Waals surface area contributed by atoms with Crippen LogP contribution in [0.25, 0.3) is 0 Å². The molecule has 1 rings (SSSR count). The predicted octanol–water partition coefficient (Wildman–Crippen LogP) is 1.06. The molecule has 1 fully saturated rings. The fraction of sp³-hybridized carbons (Fsp3) is 0.923. The number of piperazine rings is 1. The van der Waals surface area contributed by atoms with Crippen molar-refractivity contribution in [2.24, 2.45) is 5.73 Å². The first-order valence-corrected chi connectivity index (χ1v) is 6.74. The molecule has 0 aromatic carbocycles. The number of rotatable bonds is 5. The first-order valence-electron chi connectivity index (χ1n) is 6.74. The van der Waals surface area contributed by atoms with Crippen molar-refractivity contribution in [2.75, 3.05) is 32.7 Å². The minimum absolute atomic E-state index is 0.0541. The summed E-state index contributed by atoms with van der Waals surface area (Å²) in [5.41, 5.74) is 5.83. The smallest absolute Gasteiger partial charge is 0.222 e. The van der Waals surface area contributed by atoms with Gasteiger partial charge in [-0.05, 0) is 20.3 Å². The van der Waals surface area contributed by atoms with Crippen molar-refractivity contribution in [3.8, 4) is 0 Å². The van der Waals surface area contributed by atoms with Gasteiger partial charge in [0.25, 0.3) is 0 Å². The van der Waals surface area contributed by atoms with E-state index in [-0.39, 0.29) is 5.54 Å². The Morgan fingerprint density at radius 3 is 2.29 bits per heavy atom. The Morgan fingerprint density at radius 2 is 1.82 bits per heavy atom. The van der Waals surface area contributed by atoms with E-state index < -0.39 is 0 Å². The summed E-state index contributed by atoms with van der Waals surface area (Å²) >= 11 is 0. The van der Waals surface area contributed by atoms with E-state index in [0.29, 0.717) is 18.9 Å². The normalized spacial score (nSPS) is 18.5. The molecule has 0 aromatic heterocycles. The van der Waals surface area contributed by atoms with Crippen LogP contribution in [0.3, 0.4) is 0 Å². The summed E-state index contributed by atoms with van der Waals surface area (Å²) in [5.74, 6) is 0.317. The molecule has 1 amide bonds. The second-order valence-electron chi connectivity index (χ2n) is 5.49. The summed E-state index contributed by atoms with van der Waals surface area (Å²) < 4.78 is 0. The molecule has 17 heavy (non-hydrogen) atoms. The number of hydrogen-bond donors (Lipinski definition) is 1. The van der Waals surface area contributed by atoms with Crippen LogP contribution in [-0.2, 0) is 4.79 Å². The lowest BCUT2D eigenvalue weighted by molar-refractivity contribution is -0.133. The number of nitrogens with two attached hydrogens (primary N) is 1. The van der Waals surface area contributed by atoms with Crippen LogP contribution in [0.5, 0.6) is 0 Å². The summed E-state index contributed by atoms with van der Waals surface area (Å²) in [5, 5.41) is 0. The first-order chi connectivity index (χ1) is 8.01. The summed E-state index contributed by atoms with van der Waals surface area (Å²) in [6, 6.07) is 0. The van der Waals surface area contributed by atoms with E-state index in [1.807, 2.05) is 4.90 Å². The van der Waals surface area contributed by atoms with Crippen LogP contribution in [0.4, 0.5) is 0 Å². The van der Waals surface area contributed by atoms with Gasteiger partial charge in [-0.3, -0.25) is 9.69 Å². The maximum Gasteiger partial charge on any atom is 0.222 e. The molecule has 100 valence electrons. The Hall–Kier alpha value is -0.610. The summed E-state index contributed by atoms with van der Waals surface area (Å²) in [7, 11) is 0. The Kier molecular flexibility index (Phi) is 5.40. The lowest BCUT2D eigenvalue weighted by Crippen LogP contribution is -2.58. The fourth-order valence-corrected chi connectivity index (χ4v) is 2.18. The van der Waals surface area contributed by atoms with Gasteiger partial charge in [0.2, 0.25) is 5.91 Å². The summed E-state index contributed by atoms with van der Waals surface area (Å²) in [6.07, 6.45) is 2.80. The molecule has 0 bridgehead atoms. The zero-order chi connectivity index (χ0) is 12.9. The highest BCUT2D eigenvalue weighted by Gasteiger charge is 2.29. The van der Waals surface area contributed by atoms with Crippen molar-refractivity contribution >= 4 is 5.91 Å². The van der Waals surface area contributed by atoms with Crippen molar-refractivity contribution in [3.63, 3.8) is 0 Å². The van der Waals surface area contributed by atoms with Crippen molar-refractivity contribution in [2.45, 2.75) is 45.6 Å². The molecule has 0 aliphatic carbocycles. The maximum absolute atomic E-state index is 11.9. The number of unbranched alkanes of at least 4 members (excludes halogenated alkanes) is 1. The zero-order valence-electron chi connectivity index (χ0n) is 11.5. The van der Waals surface area contributed by atoms with Gasteiger partial charge in [-0.15, -0.1) is 0 Å². The average molecular weight is 241 g/mol. The maximum atomic E-state index is 11.9. The number of carbonyl (C=O) groups excluding carboxylic acids is 1. The molecule has 2 N–H and O–H groups in total. The van der Waals surface area contributed by atoms with Crippen molar-refractivity contribution < 1.29 is 4.79 Å². The van der Waals surface area contributed by atoms with E-state index in [1.54, 1.807) is 0 Å². The van der Waals surface area contributed by atoms with Crippen LogP contribution in [0, 0.1) is 0 Å². The van der Waals surface area contributed by atoms with E-state index >= 15 is 0 Å². The predicted molar refractivity (Wildman–Crippen MR) is 70.8 cm³/mol. The summed E-state index contributed by atoms with van der Waals surface area (Å²) in [6.45, 7) is 10.7. The van der Waals surface area contributed by atoms with Crippen LogP contribution in [-0.4, -0.2) is 54.0 Å². The topological polar surface area (TPSA) is 49.6 Å². The number of carbonyl (C=O) groups is 1. The van der Waals surface area contributed by atoms with Gasteiger partial charge >= 0.3 is 0 Å². The van der Waals surface area contributed by atoms with Crippen LogP contribution in [0.1, 0.15) is 40.0 Å². The third-order valence-electron chi connectivity index (χ3n) is 3.73. The molecule has 0 radical (unpaired) electrons. The molecular weight excluding hydrogens is 214 g/mol. The third kappa shape index (κ3) is 3.96. The Labute approximate surface area is 105 Å². The lowest BCUT2D eigenvalue weighted by Gasteiger charge is -2.43. The highest BCUT2D eigenvalue weighted by Crippen LogP contribution is 2.16. The van der Waals surface area contributed by atoms with E-state index in [2.05, 4.69) is 25.7 Å². The van der Waals surface area contributed by atoms with Crippen LogP contribution in [0.2, 0.25) is 0 Å². The molecule has 4 heteroatoms. The Morgan fingerprint density at radius 1 is 1.24 bits per heavy atom. The lowest BCUT2D eigenvalue weighted by atomic mass is 10.0. The standard InChI is InChI=1S/C13H27N3O/c1-4-5-6-12(17)15-7-9-16(10-8-15)13(2,3)11-14/h4-11,14H2,1-3H3. The van der Waals surface area contributed by atoms with Gasteiger partial charge in [0.05, 0.1) is 0 Å². The van der Waals surface area contributed by atoms with Crippen LogP contribution in [0.15, 0.2) is 0 Å². The second kappa shape index (κ2) is 6.36. The molecule has 1 heterocycles. The minimum atomic E-state index is 0.0541. The molecule has 0 saturated carbocycles. The van der Waals surface area contributed by atoms with Gasteiger partial charge < -0.3 is 10.6 Å². The van der Waals surface area contributed by atoms with Gasteiger partial charge in [-0.25, -0.2) is 0 Å². The molecular formula is C13H27N3O. The molecule has 1 aliphatic rings. The van der Waals surface area contributed by atoms with Gasteiger partial charge in [0.1, 0.15) is 0 Å². The van der Waals surface area contributed by atoms with Crippen LogP contribution >= 0.6 is 0 Å². The molecule has 1 saturated heterocycles. The monoisotopic (exact) mass is 241 g/mol. The van der Waals surface area contributed by atoms with Crippen molar-refractivity contribution in [3.05, 3.63) is 0 Å². The quantitative estimate of drug-likeness (QED) is 0.783. The summed E-state index contributed by atoms with van der Waals surface area (Å²) in [4.78, 5) is 16.2.